The van der Waals surface area contributed by atoms with Crippen molar-refractivity contribution in [2.45, 2.75) is 69.7 Å². The van der Waals surface area contributed by atoms with E-state index in [2.05, 4.69) is 69.9 Å². The Hall–Kier alpha value is -4.38. The Labute approximate surface area is 286 Å². The Balaban J connectivity index is 1.13. The van der Waals surface area contributed by atoms with E-state index in [1.165, 1.54) is 42.0 Å². The van der Waals surface area contributed by atoms with E-state index in [-0.39, 0.29) is 24.7 Å². The summed E-state index contributed by atoms with van der Waals surface area (Å²) in [5.41, 5.74) is 3.67. The molecular weight excluding hydrogens is 626 g/mol. The largest absolute Gasteiger partial charge is 0.371 e. The second kappa shape index (κ2) is 15.0. The molecule has 9 nitrogen and oxygen atoms in total. The number of rotatable bonds is 11. The van der Waals surface area contributed by atoms with Crippen molar-refractivity contribution >= 4 is 40.4 Å². The van der Waals surface area contributed by atoms with Crippen molar-refractivity contribution < 1.29 is 23.2 Å². The van der Waals surface area contributed by atoms with Crippen LogP contribution in [0.3, 0.4) is 0 Å². The molecule has 49 heavy (non-hydrogen) atoms. The van der Waals surface area contributed by atoms with E-state index in [1.807, 2.05) is 6.92 Å². The van der Waals surface area contributed by atoms with Gasteiger partial charge >= 0.3 is 0 Å². The van der Waals surface area contributed by atoms with E-state index in [0.717, 1.165) is 42.7 Å². The number of aromatic nitrogens is 1. The van der Waals surface area contributed by atoms with Crippen molar-refractivity contribution in [3.8, 4) is 0 Å². The first-order valence-electron chi connectivity index (χ1n) is 17.4. The number of hydrogen-bond donors (Lipinski definition) is 2. The zero-order valence-corrected chi connectivity index (χ0v) is 28.5. The van der Waals surface area contributed by atoms with Crippen LogP contribution in [-0.4, -0.2) is 91.0 Å². The van der Waals surface area contributed by atoms with Gasteiger partial charge in [0.2, 0.25) is 11.8 Å². The molecule has 1 aromatic heterocycles. The van der Waals surface area contributed by atoms with Gasteiger partial charge in [-0.2, -0.15) is 0 Å². The lowest BCUT2D eigenvalue weighted by Gasteiger charge is -2.36. The van der Waals surface area contributed by atoms with Gasteiger partial charge in [0.1, 0.15) is 23.7 Å². The minimum Gasteiger partial charge on any atom is -0.371 e. The monoisotopic (exact) mass is 672 g/mol. The molecule has 3 aliphatic rings. The lowest BCUT2D eigenvalue weighted by Crippen LogP contribution is -2.49. The maximum Gasteiger partial charge on any atom is 0.270 e. The summed E-state index contributed by atoms with van der Waals surface area (Å²) in [6.07, 6.45) is 8.14. The molecule has 3 heterocycles. The van der Waals surface area contributed by atoms with Crippen LogP contribution in [0.25, 0.3) is 17.0 Å². The maximum absolute atomic E-state index is 14.8. The van der Waals surface area contributed by atoms with E-state index in [4.69, 9.17) is 0 Å². The molecule has 2 aliphatic heterocycles. The van der Waals surface area contributed by atoms with Gasteiger partial charge in [0.15, 0.2) is 0 Å². The molecule has 0 spiro atoms. The third-order valence-corrected chi connectivity index (χ3v) is 10.1. The van der Waals surface area contributed by atoms with Crippen molar-refractivity contribution in [1.29, 1.82) is 0 Å². The number of benzene rings is 2. The molecule has 2 saturated heterocycles. The molecular formula is C38H46F2N6O3. The standard InChI is InChI=1S/C38H46F2N6O3/c1-4-32(31-12-11-30(20-25(31)8-7-24-5-6-24)45(3)29-15-17-44(2)18-16-29)43-38(49)35-21-28(40)23-46(35)36(47)22-41-37(48)34-13-9-26-19-27(39)10-14-33(26)42-34/h7-14,19-20,24,28-29,32,35H,4-6,15-18,21-23H2,1-3H3,(H,41,48)(H,43,49)/b8-7+/t28-,32+,35-/m0/s1. The van der Waals surface area contributed by atoms with Crippen LogP contribution in [-0.2, 0) is 9.59 Å². The smallest absolute Gasteiger partial charge is 0.270 e. The Morgan fingerprint density at radius 1 is 1.06 bits per heavy atom. The summed E-state index contributed by atoms with van der Waals surface area (Å²) in [5.74, 6) is -1.40. The number of carbonyl (C=O) groups is 3. The topological polar surface area (TPSA) is 97.9 Å². The van der Waals surface area contributed by atoms with Gasteiger partial charge in [0.05, 0.1) is 24.6 Å². The molecule has 11 heteroatoms. The average Bonchev–Trinajstić information content (AvgIpc) is 3.86. The number of fused-ring (bicyclic) bond motifs is 1. The number of halogens is 2. The number of amides is 3. The highest BCUT2D eigenvalue weighted by atomic mass is 19.1. The van der Waals surface area contributed by atoms with Crippen LogP contribution in [0.4, 0.5) is 14.5 Å². The SMILES string of the molecule is CC[C@@H](NC(=O)[C@@H]1C[C@H](F)CN1C(=O)CNC(=O)c1ccc2cc(F)ccc2n1)c1ccc(N(C)C2CCN(C)CC2)cc1/C=C/C1CC1. The average molecular weight is 673 g/mol. The quantitative estimate of drug-likeness (QED) is 0.289. The normalized spacial score (nSPS) is 20.9. The van der Waals surface area contributed by atoms with Crippen molar-refractivity contribution in [3.05, 3.63) is 77.2 Å². The highest BCUT2D eigenvalue weighted by Gasteiger charge is 2.40. The number of alkyl halides is 1. The first kappa shape index (κ1) is 34.5. The number of piperidine rings is 1. The molecule has 0 radical (unpaired) electrons. The highest BCUT2D eigenvalue weighted by molar-refractivity contribution is 5.97. The van der Waals surface area contributed by atoms with Crippen molar-refractivity contribution in [1.82, 2.24) is 25.4 Å². The van der Waals surface area contributed by atoms with Gasteiger partial charge in [0.25, 0.3) is 5.91 Å². The van der Waals surface area contributed by atoms with E-state index in [9.17, 15) is 23.2 Å². The maximum atomic E-state index is 14.8. The third kappa shape index (κ3) is 8.26. The molecule has 6 rings (SSSR count). The number of carbonyl (C=O) groups excluding carboxylic acids is 3. The highest BCUT2D eigenvalue weighted by Crippen LogP contribution is 2.34. The molecule has 0 bridgehead atoms. The van der Waals surface area contributed by atoms with Crippen LogP contribution < -0.4 is 15.5 Å². The van der Waals surface area contributed by atoms with E-state index in [0.29, 0.717) is 29.3 Å². The summed E-state index contributed by atoms with van der Waals surface area (Å²) in [4.78, 5) is 50.0. The van der Waals surface area contributed by atoms with Crippen LogP contribution in [0.15, 0.2) is 54.6 Å². The predicted molar refractivity (Wildman–Crippen MR) is 187 cm³/mol. The van der Waals surface area contributed by atoms with Gasteiger partial charge in [-0.05, 0) is 106 Å². The van der Waals surface area contributed by atoms with Gasteiger partial charge in [0, 0.05) is 30.6 Å². The number of nitrogens with zero attached hydrogens (tertiary/aromatic N) is 4. The van der Waals surface area contributed by atoms with Crippen molar-refractivity contribution in [3.63, 3.8) is 0 Å². The Morgan fingerprint density at radius 3 is 2.57 bits per heavy atom. The molecule has 2 aromatic carbocycles. The molecule has 260 valence electrons. The van der Waals surface area contributed by atoms with Crippen molar-refractivity contribution in [2.24, 2.45) is 5.92 Å². The predicted octanol–water partition coefficient (Wildman–Crippen LogP) is 5.26. The number of allylic oxidation sites excluding steroid dienone is 1. The summed E-state index contributed by atoms with van der Waals surface area (Å²) in [6, 6.07) is 12.6. The van der Waals surface area contributed by atoms with Gasteiger partial charge < -0.3 is 25.3 Å². The van der Waals surface area contributed by atoms with Gasteiger partial charge in [-0.25, -0.2) is 13.8 Å². The van der Waals surface area contributed by atoms with Crippen LogP contribution in [0.1, 0.15) is 73.1 Å². The molecule has 1 saturated carbocycles. The molecule has 3 fully saturated rings. The first-order chi connectivity index (χ1) is 23.6. The lowest BCUT2D eigenvalue weighted by molar-refractivity contribution is -0.138. The third-order valence-electron chi connectivity index (χ3n) is 10.1. The molecule has 1 aliphatic carbocycles. The number of nitrogens with one attached hydrogen (secondary N) is 2. The fraction of sp³-hybridized carbons (Fsp3) is 0.474. The number of anilines is 1. The van der Waals surface area contributed by atoms with E-state index in [1.54, 1.807) is 6.07 Å². The van der Waals surface area contributed by atoms with Crippen LogP contribution in [0.5, 0.6) is 0 Å². The molecule has 3 amide bonds. The van der Waals surface area contributed by atoms with E-state index < -0.39 is 42.3 Å². The van der Waals surface area contributed by atoms with Crippen LogP contribution in [0.2, 0.25) is 0 Å². The summed E-state index contributed by atoms with van der Waals surface area (Å²) in [7, 11) is 4.31. The minimum absolute atomic E-state index is 0.0619. The van der Waals surface area contributed by atoms with Gasteiger partial charge in [-0.3, -0.25) is 14.4 Å². The number of pyridine rings is 1. The summed E-state index contributed by atoms with van der Waals surface area (Å²) in [5, 5.41) is 6.21. The second-order valence-corrected chi connectivity index (χ2v) is 13.7. The molecule has 3 atom stereocenters. The van der Waals surface area contributed by atoms with Crippen LogP contribution in [0, 0.1) is 11.7 Å². The summed E-state index contributed by atoms with van der Waals surface area (Å²) in [6.45, 7) is 3.50. The first-order valence-corrected chi connectivity index (χ1v) is 17.4. The lowest BCUT2D eigenvalue weighted by atomic mass is 9.95. The molecule has 3 aromatic rings. The zero-order chi connectivity index (χ0) is 34.7. The second-order valence-electron chi connectivity index (χ2n) is 13.7. The Morgan fingerprint density at radius 2 is 1.84 bits per heavy atom. The fourth-order valence-electron chi connectivity index (χ4n) is 6.91. The zero-order valence-electron chi connectivity index (χ0n) is 28.5. The van der Waals surface area contributed by atoms with Crippen LogP contribution >= 0.6 is 0 Å². The summed E-state index contributed by atoms with van der Waals surface area (Å²) < 4.78 is 28.3. The van der Waals surface area contributed by atoms with E-state index >= 15 is 0 Å². The Bertz CT molecular complexity index is 1720. The Kier molecular flexibility index (Phi) is 10.6. The minimum atomic E-state index is -1.36. The number of likely N-dealkylation sites (tertiary alicyclic amines) is 2. The number of hydrogen-bond acceptors (Lipinski definition) is 6. The molecule has 0 unspecified atom stereocenters. The summed E-state index contributed by atoms with van der Waals surface area (Å²) >= 11 is 0. The van der Waals surface area contributed by atoms with Gasteiger partial charge in [-0.1, -0.05) is 31.2 Å². The van der Waals surface area contributed by atoms with Gasteiger partial charge in [-0.15, -0.1) is 0 Å². The van der Waals surface area contributed by atoms with Crippen molar-refractivity contribution in [2.75, 3.05) is 45.2 Å². The fourth-order valence-corrected chi connectivity index (χ4v) is 6.91. The molecule has 2 N–H and O–H groups in total.